The Labute approximate surface area is 89.2 Å². The Hall–Kier alpha value is 0.137. The van der Waals surface area contributed by atoms with E-state index in [0.29, 0.717) is 0 Å². The zero-order chi connectivity index (χ0) is 10.6. The van der Waals surface area contributed by atoms with Gasteiger partial charge < -0.3 is 8.85 Å². The molecule has 0 radical (unpaired) electrons. The minimum Gasteiger partial charge on any atom is -0.394 e. The predicted octanol–water partition coefficient (Wildman–Crippen LogP) is 3.47. The van der Waals surface area contributed by atoms with Gasteiger partial charge in [-0.15, -0.1) is 0 Å². The molecule has 2 unspecified atom stereocenters. The second-order valence-corrected chi connectivity index (χ2v) is 7.69. The van der Waals surface area contributed by atoms with Crippen molar-refractivity contribution < 1.29 is 8.85 Å². The molecule has 0 aliphatic carbocycles. The summed E-state index contributed by atoms with van der Waals surface area (Å²) in [5.41, 5.74) is 1.49. The molecular weight excluding hydrogens is 192 g/mol. The molecule has 0 saturated carbocycles. The fourth-order valence-corrected chi connectivity index (χ4v) is 7.23. The minimum absolute atomic E-state index is 0.743. The minimum atomic E-state index is -1.80. The van der Waals surface area contributed by atoms with Crippen molar-refractivity contribution >= 4 is 8.56 Å². The molecule has 1 heterocycles. The maximum absolute atomic E-state index is 6.03. The fourth-order valence-electron chi connectivity index (χ4n) is 2.71. The Morgan fingerprint density at radius 2 is 1.36 bits per heavy atom. The molecular formula is C11H24O2Si. The maximum atomic E-state index is 6.03. The lowest BCUT2D eigenvalue weighted by Gasteiger charge is -2.51. The van der Waals surface area contributed by atoms with E-state index in [4.69, 9.17) is 8.85 Å². The van der Waals surface area contributed by atoms with E-state index in [-0.39, 0.29) is 0 Å². The molecule has 84 valence electrons. The van der Waals surface area contributed by atoms with Gasteiger partial charge in [-0.2, -0.15) is 0 Å². The molecule has 0 aromatic heterocycles. The smallest absolute Gasteiger partial charge is 0.344 e. The normalized spacial score (nSPS) is 30.0. The van der Waals surface area contributed by atoms with Crippen LogP contribution in [0.2, 0.25) is 11.1 Å². The molecule has 0 spiro atoms. The van der Waals surface area contributed by atoms with Gasteiger partial charge in [0.1, 0.15) is 0 Å². The summed E-state index contributed by atoms with van der Waals surface area (Å²) < 4.78 is 12.1. The molecule has 2 nitrogen and oxygen atoms in total. The molecule has 14 heavy (non-hydrogen) atoms. The number of hydrogen-bond acceptors (Lipinski definition) is 2. The SMILES string of the molecule is CCO[Si]1(OCC)C(CC)CC1CC. The van der Waals surface area contributed by atoms with Crippen molar-refractivity contribution in [2.75, 3.05) is 13.2 Å². The summed E-state index contributed by atoms with van der Waals surface area (Å²) in [6, 6.07) is 0. The zero-order valence-corrected chi connectivity index (χ0v) is 11.0. The Bertz CT molecular complexity index is 155. The third-order valence-corrected chi connectivity index (χ3v) is 8.48. The zero-order valence-electron chi connectivity index (χ0n) is 10.0. The third kappa shape index (κ3) is 1.90. The quantitative estimate of drug-likeness (QED) is 0.633. The molecule has 0 N–H and O–H groups in total. The van der Waals surface area contributed by atoms with Crippen LogP contribution < -0.4 is 0 Å². The summed E-state index contributed by atoms with van der Waals surface area (Å²) in [4.78, 5) is 0. The van der Waals surface area contributed by atoms with E-state index in [2.05, 4.69) is 27.7 Å². The van der Waals surface area contributed by atoms with Gasteiger partial charge in [-0.1, -0.05) is 26.7 Å². The van der Waals surface area contributed by atoms with E-state index >= 15 is 0 Å². The second kappa shape index (κ2) is 5.28. The first-order chi connectivity index (χ1) is 6.75. The third-order valence-electron chi connectivity index (χ3n) is 3.43. The first kappa shape index (κ1) is 12.2. The van der Waals surface area contributed by atoms with Crippen molar-refractivity contribution in [1.82, 2.24) is 0 Å². The first-order valence-corrected chi connectivity index (χ1v) is 8.00. The molecule has 0 aromatic rings. The van der Waals surface area contributed by atoms with Crippen LogP contribution in [0.4, 0.5) is 0 Å². The monoisotopic (exact) mass is 216 g/mol. The van der Waals surface area contributed by atoms with E-state index in [1.807, 2.05) is 0 Å². The molecule has 1 aliphatic rings. The fraction of sp³-hybridized carbons (Fsp3) is 1.00. The highest BCUT2D eigenvalue weighted by molar-refractivity contribution is 6.73. The van der Waals surface area contributed by atoms with Gasteiger partial charge in [0.05, 0.1) is 0 Å². The number of hydrogen-bond donors (Lipinski definition) is 0. The van der Waals surface area contributed by atoms with Crippen LogP contribution in [0.25, 0.3) is 0 Å². The van der Waals surface area contributed by atoms with Gasteiger partial charge in [-0.3, -0.25) is 0 Å². The summed E-state index contributed by atoms with van der Waals surface area (Å²) in [5, 5.41) is 0. The number of rotatable bonds is 6. The molecule has 1 rings (SSSR count). The summed E-state index contributed by atoms with van der Waals surface area (Å²) in [7, 11) is -1.80. The lowest BCUT2D eigenvalue weighted by atomic mass is 10.1. The van der Waals surface area contributed by atoms with E-state index in [9.17, 15) is 0 Å². The summed E-state index contributed by atoms with van der Waals surface area (Å²) in [6.07, 6.45) is 3.78. The summed E-state index contributed by atoms with van der Waals surface area (Å²) >= 11 is 0. The van der Waals surface area contributed by atoms with Crippen molar-refractivity contribution in [2.24, 2.45) is 0 Å². The van der Waals surface area contributed by atoms with Gasteiger partial charge in [0.25, 0.3) is 0 Å². The topological polar surface area (TPSA) is 18.5 Å². The standard InChI is InChI=1S/C11H24O2Si/c1-5-10-9-11(6-2)14(10,12-7-3)13-8-4/h10-11H,5-9H2,1-4H3. The van der Waals surface area contributed by atoms with Crippen molar-refractivity contribution in [3.05, 3.63) is 0 Å². The van der Waals surface area contributed by atoms with Crippen LogP contribution in [-0.4, -0.2) is 21.8 Å². The van der Waals surface area contributed by atoms with Crippen molar-refractivity contribution in [3.63, 3.8) is 0 Å². The summed E-state index contributed by atoms with van der Waals surface area (Å²) in [5.74, 6) is 0. The Balaban J connectivity index is 2.68. The average molecular weight is 216 g/mol. The molecule has 0 bridgehead atoms. The van der Waals surface area contributed by atoms with E-state index in [1.165, 1.54) is 19.3 Å². The predicted molar refractivity (Wildman–Crippen MR) is 61.7 cm³/mol. The van der Waals surface area contributed by atoms with Crippen molar-refractivity contribution in [2.45, 2.75) is 58.0 Å². The van der Waals surface area contributed by atoms with Gasteiger partial charge in [0, 0.05) is 24.3 Å². The van der Waals surface area contributed by atoms with Crippen LogP contribution in [0.5, 0.6) is 0 Å². The van der Waals surface area contributed by atoms with Crippen LogP contribution in [-0.2, 0) is 8.85 Å². The average Bonchev–Trinajstić information content (AvgIpc) is 2.17. The molecule has 0 aromatic carbocycles. The molecule has 0 amide bonds. The van der Waals surface area contributed by atoms with Crippen LogP contribution >= 0.6 is 0 Å². The van der Waals surface area contributed by atoms with E-state index in [1.54, 1.807) is 0 Å². The van der Waals surface area contributed by atoms with Gasteiger partial charge in [0.15, 0.2) is 0 Å². The van der Waals surface area contributed by atoms with Gasteiger partial charge in [-0.25, -0.2) is 0 Å². The van der Waals surface area contributed by atoms with Crippen molar-refractivity contribution in [3.8, 4) is 0 Å². The largest absolute Gasteiger partial charge is 0.394 e. The van der Waals surface area contributed by atoms with Gasteiger partial charge >= 0.3 is 8.56 Å². The molecule has 1 fully saturated rings. The highest BCUT2D eigenvalue weighted by Gasteiger charge is 2.59. The van der Waals surface area contributed by atoms with Crippen LogP contribution in [0, 0.1) is 0 Å². The van der Waals surface area contributed by atoms with Crippen molar-refractivity contribution in [1.29, 1.82) is 0 Å². The van der Waals surface area contributed by atoms with E-state index in [0.717, 1.165) is 24.3 Å². The molecule has 1 aliphatic heterocycles. The van der Waals surface area contributed by atoms with Gasteiger partial charge in [-0.05, 0) is 20.3 Å². The Morgan fingerprint density at radius 3 is 1.64 bits per heavy atom. The highest BCUT2D eigenvalue weighted by Crippen LogP contribution is 2.55. The molecule has 2 atom stereocenters. The van der Waals surface area contributed by atoms with Crippen LogP contribution in [0.3, 0.4) is 0 Å². The van der Waals surface area contributed by atoms with E-state index < -0.39 is 8.56 Å². The Kier molecular flexibility index (Phi) is 4.61. The van der Waals surface area contributed by atoms with Crippen LogP contribution in [0.1, 0.15) is 47.0 Å². The lowest BCUT2D eigenvalue weighted by molar-refractivity contribution is 0.129. The lowest BCUT2D eigenvalue weighted by Crippen LogP contribution is -2.58. The molecule has 3 heteroatoms. The highest BCUT2D eigenvalue weighted by atomic mass is 28.4. The summed E-state index contributed by atoms with van der Waals surface area (Å²) in [6.45, 7) is 10.3. The Morgan fingerprint density at radius 1 is 0.929 bits per heavy atom. The molecule has 1 saturated heterocycles. The van der Waals surface area contributed by atoms with Crippen LogP contribution in [0.15, 0.2) is 0 Å². The first-order valence-electron chi connectivity index (χ1n) is 6.02. The van der Waals surface area contributed by atoms with Gasteiger partial charge in [0.2, 0.25) is 0 Å². The second-order valence-electron chi connectivity index (χ2n) is 4.03. The maximum Gasteiger partial charge on any atom is 0.344 e.